The molecule has 0 spiro atoms. The monoisotopic (exact) mass is 289 g/mol. The van der Waals surface area contributed by atoms with Gasteiger partial charge in [-0.15, -0.1) is 0 Å². The Labute approximate surface area is 117 Å². The van der Waals surface area contributed by atoms with Gasteiger partial charge in [0.15, 0.2) is 0 Å². The van der Waals surface area contributed by atoms with Gasteiger partial charge in [0.05, 0.1) is 0 Å². The topological polar surface area (TPSA) is 12.0 Å². The number of rotatable bonds is 4. The number of hydrogen-bond donors (Lipinski definition) is 1. The van der Waals surface area contributed by atoms with Crippen LogP contribution in [0.25, 0.3) is 0 Å². The predicted molar refractivity (Wildman–Crippen MR) is 78.4 cm³/mol. The minimum atomic E-state index is 0.595. The molecule has 94 valence electrons. The average Bonchev–Trinajstić information content (AvgIpc) is 2.72. The third-order valence-corrected chi connectivity index (χ3v) is 5.16. The first-order valence-corrected chi connectivity index (χ1v) is 7.87. The molecule has 4 heteroatoms. The van der Waals surface area contributed by atoms with Gasteiger partial charge < -0.3 is 5.32 Å². The Balaban J connectivity index is 2.09. The molecule has 1 saturated heterocycles. The van der Waals surface area contributed by atoms with E-state index in [1.807, 2.05) is 30.0 Å². The number of halogens is 2. The van der Waals surface area contributed by atoms with E-state index in [0.717, 1.165) is 28.6 Å². The molecule has 1 aliphatic rings. The maximum atomic E-state index is 6.22. The molecule has 0 amide bonds. The molecule has 1 fully saturated rings. The summed E-state index contributed by atoms with van der Waals surface area (Å²) >= 11 is 14.5. The minimum absolute atomic E-state index is 0.595. The summed E-state index contributed by atoms with van der Waals surface area (Å²) in [6.07, 6.45) is 0.975. The van der Waals surface area contributed by atoms with Crippen molar-refractivity contribution in [2.75, 3.05) is 18.1 Å². The third kappa shape index (κ3) is 3.31. The first kappa shape index (κ1) is 13.5. The van der Waals surface area contributed by atoms with E-state index in [2.05, 4.69) is 12.2 Å². The van der Waals surface area contributed by atoms with Crippen LogP contribution in [0, 0.1) is 5.92 Å². The summed E-state index contributed by atoms with van der Waals surface area (Å²) < 4.78 is 0. The second kappa shape index (κ2) is 6.33. The smallest absolute Gasteiger partial charge is 0.0452 e. The number of hydrogen-bond acceptors (Lipinski definition) is 2. The van der Waals surface area contributed by atoms with Crippen molar-refractivity contribution in [1.82, 2.24) is 5.32 Å². The second-order valence-electron chi connectivity index (χ2n) is 4.37. The highest BCUT2D eigenvalue weighted by atomic mass is 35.5. The average molecular weight is 290 g/mol. The zero-order chi connectivity index (χ0) is 12.3. The van der Waals surface area contributed by atoms with Gasteiger partial charge in [0.2, 0.25) is 0 Å². The summed E-state index contributed by atoms with van der Waals surface area (Å²) in [7, 11) is 0. The summed E-state index contributed by atoms with van der Waals surface area (Å²) in [5, 5.41) is 5.14. The van der Waals surface area contributed by atoms with Crippen LogP contribution in [0.2, 0.25) is 10.0 Å². The van der Waals surface area contributed by atoms with Gasteiger partial charge in [-0.05, 0) is 42.3 Å². The van der Waals surface area contributed by atoms with Crippen molar-refractivity contribution >= 4 is 35.0 Å². The number of thioether (sulfide) groups is 1. The van der Waals surface area contributed by atoms with Crippen LogP contribution in [0.5, 0.6) is 0 Å². The molecule has 1 aliphatic heterocycles. The molecule has 1 aromatic rings. The third-order valence-electron chi connectivity index (χ3n) is 3.19. The van der Waals surface area contributed by atoms with Gasteiger partial charge in [0, 0.05) is 21.8 Å². The van der Waals surface area contributed by atoms with Crippen molar-refractivity contribution in [3.05, 3.63) is 33.8 Å². The van der Waals surface area contributed by atoms with Gasteiger partial charge >= 0.3 is 0 Å². The molecule has 2 unspecified atom stereocenters. The van der Waals surface area contributed by atoms with Crippen molar-refractivity contribution in [2.45, 2.75) is 19.4 Å². The van der Waals surface area contributed by atoms with E-state index in [1.54, 1.807) is 0 Å². The maximum absolute atomic E-state index is 6.22. The molecule has 0 radical (unpaired) electrons. The molecule has 1 aromatic carbocycles. The van der Waals surface area contributed by atoms with Crippen LogP contribution >= 0.6 is 35.0 Å². The standard InChI is InChI=1S/C13H17Cl2NS/c1-2-16-13-8-17-7-9(13)6-10-11(14)4-3-5-12(10)15/h3-5,9,13,16H,2,6-8H2,1H3. The molecule has 0 aromatic heterocycles. The number of benzene rings is 1. The van der Waals surface area contributed by atoms with Crippen molar-refractivity contribution in [2.24, 2.45) is 5.92 Å². The summed E-state index contributed by atoms with van der Waals surface area (Å²) in [6, 6.07) is 6.34. The van der Waals surface area contributed by atoms with Gasteiger partial charge in [0.1, 0.15) is 0 Å². The zero-order valence-electron chi connectivity index (χ0n) is 9.88. The van der Waals surface area contributed by atoms with E-state index >= 15 is 0 Å². The van der Waals surface area contributed by atoms with Crippen LogP contribution in [-0.4, -0.2) is 24.1 Å². The molecular formula is C13H17Cl2NS. The fourth-order valence-electron chi connectivity index (χ4n) is 2.28. The van der Waals surface area contributed by atoms with Crippen LogP contribution in [0.1, 0.15) is 12.5 Å². The lowest BCUT2D eigenvalue weighted by Crippen LogP contribution is -2.36. The molecule has 1 heterocycles. The van der Waals surface area contributed by atoms with Crippen LogP contribution in [0.4, 0.5) is 0 Å². The summed E-state index contributed by atoms with van der Waals surface area (Å²) in [4.78, 5) is 0. The summed E-state index contributed by atoms with van der Waals surface area (Å²) in [6.45, 7) is 3.18. The van der Waals surface area contributed by atoms with Gasteiger partial charge in [-0.3, -0.25) is 0 Å². The van der Waals surface area contributed by atoms with Gasteiger partial charge in [-0.1, -0.05) is 36.2 Å². The lowest BCUT2D eigenvalue weighted by Gasteiger charge is -2.20. The molecule has 2 atom stereocenters. The quantitative estimate of drug-likeness (QED) is 0.903. The normalized spacial score (nSPS) is 24.2. The fraction of sp³-hybridized carbons (Fsp3) is 0.538. The van der Waals surface area contributed by atoms with Crippen LogP contribution < -0.4 is 5.32 Å². The van der Waals surface area contributed by atoms with Crippen LogP contribution in [0.15, 0.2) is 18.2 Å². The van der Waals surface area contributed by atoms with E-state index in [1.165, 1.54) is 11.5 Å². The van der Waals surface area contributed by atoms with Gasteiger partial charge in [-0.2, -0.15) is 11.8 Å². The molecule has 0 bridgehead atoms. The van der Waals surface area contributed by atoms with E-state index in [9.17, 15) is 0 Å². The van der Waals surface area contributed by atoms with Gasteiger partial charge in [0.25, 0.3) is 0 Å². The van der Waals surface area contributed by atoms with Crippen LogP contribution in [-0.2, 0) is 6.42 Å². The number of nitrogens with one attached hydrogen (secondary N) is 1. The molecule has 17 heavy (non-hydrogen) atoms. The Morgan fingerprint density at radius 3 is 2.65 bits per heavy atom. The fourth-order valence-corrected chi connectivity index (χ4v) is 4.26. The molecule has 0 aliphatic carbocycles. The highest BCUT2D eigenvalue weighted by Crippen LogP contribution is 2.32. The summed E-state index contributed by atoms with van der Waals surface area (Å²) in [5.74, 6) is 3.03. The Morgan fingerprint density at radius 2 is 2.00 bits per heavy atom. The SMILES string of the molecule is CCNC1CSCC1Cc1c(Cl)cccc1Cl. The predicted octanol–water partition coefficient (Wildman–Crippen LogP) is 3.88. The van der Waals surface area contributed by atoms with Gasteiger partial charge in [-0.25, -0.2) is 0 Å². The zero-order valence-corrected chi connectivity index (χ0v) is 12.2. The second-order valence-corrected chi connectivity index (χ2v) is 6.26. The first-order chi connectivity index (χ1) is 8.22. The first-order valence-electron chi connectivity index (χ1n) is 5.96. The Hall–Kier alpha value is 0.110. The molecule has 1 nitrogen and oxygen atoms in total. The largest absolute Gasteiger partial charge is 0.313 e. The highest BCUT2D eigenvalue weighted by Gasteiger charge is 2.28. The molecule has 2 rings (SSSR count). The lowest BCUT2D eigenvalue weighted by molar-refractivity contribution is 0.434. The van der Waals surface area contributed by atoms with Crippen LogP contribution in [0.3, 0.4) is 0 Å². The van der Waals surface area contributed by atoms with E-state index in [4.69, 9.17) is 23.2 Å². The Bertz CT molecular complexity index is 363. The lowest BCUT2D eigenvalue weighted by atomic mass is 9.95. The van der Waals surface area contributed by atoms with Crippen molar-refractivity contribution < 1.29 is 0 Å². The van der Waals surface area contributed by atoms with E-state index in [0.29, 0.717) is 12.0 Å². The van der Waals surface area contributed by atoms with Crippen molar-refractivity contribution in [1.29, 1.82) is 0 Å². The molecular weight excluding hydrogens is 273 g/mol. The Morgan fingerprint density at radius 1 is 1.29 bits per heavy atom. The van der Waals surface area contributed by atoms with Crippen molar-refractivity contribution in [3.63, 3.8) is 0 Å². The molecule has 0 saturated carbocycles. The minimum Gasteiger partial charge on any atom is -0.313 e. The Kier molecular flexibility index (Phi) is 5.04. The van der Waals surface area contributed by atoms with E-state index in [-0.39, 0.29) is 0 Å². The molecule has 1 N–H and O–H groups in total. The van der Waals surface area contributed by atoms with Crippen molar-refractivity contribution in [3.8, 4) is 0 Å². The van der Waals surface area contributed by atoms with E-state index < -0.39 is 0 Å². The maximum Gasteiger partial charge on any atom is 0.0452 e. The summed E-state index contributed by atoms with van der Waals surface area (Å²) in [5.41, 5.74) is 1.10. The highest BCUT2D eigenvalue weighted by molar-refractivity contribution is 7.99.